The Kier molecular flexibility index (Phi) is 6.44. The first-order valence-corrected chi connectivity index (χ1v) is 5.79. The molecule has 22 heavy (non-hydrogen) atoms. The zero-order valence-electron chi connectivity index (χ0n) is 10.5. The summed E-state index contributed by atoms with van der Waals surface area (Å²) in [6, 6.07) is 5.75. The van der Waals surface area contributed by atoms with Crippen molar-refractivity contribution in [3.05, 3.63) is 67.5 Å². The molecule has 0 aliphatic rings. The first-order chi connectivity index (χ1) is 9.88. The van der Waals surface area contributed by atoms with Gasteiger partial charge in [-0.15, -0.1) is 0 Å². The molecule has 2 rings (SSSR count). The molecule has 4 N–H and O–H groups in total. The van der Waals surface area contributed by atoms with E-state index in [1.165, 1.54) is 18.2 Å². The van der Waals surface area contributed by atoms with E-state index in [0.717, 1.165) is 0 Å². The Bertz CT molecular complexity index is 839. The summed E-state index contributed by atoms with van der Waals surface area (Å²) < 4.78 is 0. The van der Waals surface area contributed by atoms with E-state index in [1.54, 1.807) is 6.07 Å². The van der Waals surface area contributed by atoms with Crippen LogP contribution in [0.1, 0.15) is 32.0 Å². The number of nitrogens with one attached hydrogen (secondary N) is 2. The van der Waals surface area contributed by atoms with Crippen LogP contribution in [0.2, 0.25) is 0 Å². The number of aromatic amines is 2. The fraction of sp³-hybridized carbons (Fsp3) is 0.0769. The van der Waals surface area contributed by atoms with Gasteiger partial charge in [0.1, 0.15) is 5.69 Å². The van der Waals surface area contributed by atoms with E-state index in [9.17, 15) is 19.2 Å². The Morgan fingerprint density at radius 1 is 1.05 bits per heavy atom. The van der Waals surface area contributed by atoms with Crippen molar-refractivity contribution in [1.29, 1.82) is 0 Å². The van der Waals surface area contributed by atoms with E-state index in [0.29, 0.717) is 5.56 Å². The molecule has 0 fully saturated rings. The second-order valence-corrected chi connectivity index (χ2v) is 4.25. The van der Waals surface area contributed by atoms with Gasteiger partial charge in [-0.2, -0.15) is 0 Å². The molecule has 2 aromatic rings. The number of rotatable bonds is 4. The van der Waals surface area contributed by atoms with Gasteiger partial charge in [0.25, 0.3) is 5.56 Å². The molecular weight excluding hydrogens is 319 g/mol. The third-order valence-electron chi connectivity index (χ3n) is 2.81. The zero-order chi connectivity index (χ0) is 15.6. The third-order valence-corrected chi connectivity index (χ3v) is 2.81. The average molecular weight is 330 g/mol. The van der Waals surface area contributed by atoms with Crippen LogP contribution in [0.25, 0.3) is 0 Å². The van der Waals surface area contributed by atoms with E-state index in [2.05, 4.69) is 0 Å². The first-order valence-electron chi connectivity index (χ1n) is 5.79. The van der Waals surface area contributed by atoms with Crippen molar-refractivity contribution in [3.63, 3.8) is 0 Å². The molecule has 0 radical (unpaired) electrons. The number of hydrogen-bond acceptors (Lipinski definition) is 4. The predicted octanol–water partition coefficient (Wildman–Crippen LogP) is -0.598. The van der Waals surface area contributed by atoms with Crippen molar-refractivity contribution in [2.75, 3.05) is 0 Å². The Balaban J connectivity index is 0.00000242. The summed E-state index contributed by atoms with van der Waals surface area (Å²) in [7, 11) is 0. The molecule has 0 saturated carbocycles. The van der Waals surface area contributed by atoms with Gasteiger partial charge >= 0.3 is 69.0 Å². The van der Waals surface area contributed by atoms with Gasteiger partial charge in [0.05, 0.1) is 11.1 Å². The summed E-state index contributed by atoms with van der Waals surface area (Å²) in [6.45, 7) is 0. The van der Waals surface area contributed by atoms with Crippen LogP contribution in [0.5, 0.6) is 0 Å². The molecule has 1 aromatic carbocycles. The first kappa shape index (κ1) is 18.5. The van der Waals surface area contributed by atoms with Gasteiger partial charge in [-0.05, 0) is 17.7 Å². The molecule has 0 aliphatic heterocycles. The fourth-order valence-corrected chi connectivity index (χ4v) is 1.88. The van der Waals surface area contributed by atoms with Gasteiger partial charge < -0.3 is 15.2 Å². The van der Waals surface area contributed by atoms with E-state index in [-0.39, 0.29) is 68.9 Å². The second-order valence-electron chi connectivity index (χ2n) is 4.25. The van der Waals surface area contributed by atoms with Crippen molar-refractivity contribution in [1.82, 2.24) is 9.97 Å². The predicted molar refractivity (Wildman–Crippen MR) is 78.0 cm³/mol. The maximum absolute atomic E-state index is 11.7. The van der Waals surface area contributed by atoms with Crippen molar-refractivity contribution in [2.24, 2.45) is 0 Å². The number of hydrogen-bond donors (Lipinski definition) is 4. The van der Waals surface area contributed by atoms with Crippen molar-refractivity contribution in [3.8, 4) is 0 Å². The summed E-state index contributed by atoms with van der Waals surface area (Å²) in [5.41, 5.74) is -1.94. The van der Waals surface area contributed by atoms with Gasteiger partial charge in [0, 0.05) is 6.42 Å². The van der Waals surface area contributed by atoms with E-state index < -0.39 is 28.9 Å². The summed E-state index contributed by atoms with van der Waals surface area (Å²) in [5.74, 6) is -2.58. The van der Waals surface area contributed by atoms with E-state index in [1.807, 2.05) is 9.97 Å². The van der Waals surface area contributed by atoms with Gasteiger partial charge in [-0.25, -0.2) is 14.4 Å². The van der Waals surface area contributed by atoms with Crippen LogP contribution in [0.4, 0.5) is 0 Å². The third kappa shape index (κ3) is 4.24. The standard InChI is InChI=1S/C13H10N2O6.K.H/c16-10-8(9(12(19)20)14-13(21)15-10)5-6-2-1-3-7(4-6)11(17)18;;/h1-4H,5H2,(H,17,18)(H,19,20)(H2,14,15,16,21);;. The van der Waals surface area contributed by atoms with Crippen LogP contribution >= 0.6 is 0 Å². The fourth-order valence-electron chi connectivity index (χ4n) is 1.88. The average Bonchev–Trinajstić information content (AvgIpc) is 2.41. The van der Waals surface area contributed by atoms with E-state index in [4.69, 9.17) is 10.2 Å². The molecule has 0 bridgehead atoms. The number of carbonyl (C=O) groups is 2. The van der Waals surface area contributed by atoms with Crippen LogP contribution in [0, 0.1) is 0 Å². The Hall–Kier alpha value is -1.52. The van der Waals surface area contributed by atoms with Gasteiger partial charge in [-0.1, -0.05) is 12.1 Å². The van der Waals surface area contributed by atoms with Gasteiger partial charge in [0.2, 0.25) is 0 Å². The molecule has 0 saturated heterocycles. The normalized spacial score (nSPS) is 9.82. The number of H-pyrrole nitrogens is 2. The number of carboxylic acids is 2. The molecule has 0 unspecified atom stereocenters. The number of carboxylic acid groups (broad SMARTS) is 2. The Morgan fingerprint density at radius 2 is 1.73 bits per heavy atom. The monoisotopic (exact) mass is 330 g/mol. The van der Waals surface area contributed by atoms with Crippen LogP contribution < -0.4 is 11.2 Å². The van der Waals surface area contributed by atoms with Crippen LogP contribution in [-0.2, 0) is 6.42 Å². The second kappa shape index (κ2) is 7.65. The molecule has 0 atom stereocenters. The summed E-state index contributed by atoms with van der Waals surface area (Å²) >= 11 is 0. The minimum absolute atomic E-state index is 0. The molecule has 110 valence electrons. The minimum atomic E-state index is -1.44. The van der Waals surface area contributed by atoms with Crippen LogP contribution in [-0.4, -0.2) is 83.5 Å². The maximum atomic E-state index is 11.7. The number of benzene rings is 1. The Labute approximate surface area is 165 Å². The molecule has 0 aliphatic carbocycles. The van der Waals surface area contributed by atoms with Crippen LogP contribution in [0.3, 0.4) is 0 Å². The topological polar surface area (TPSA) is 140 Å². The summed E-state index contributed by atoms with van der Waals surface area (Å²) in [4.78, 5) is 48.8. The molecule has 0 amide bonds. The molecule has 1 heterocycles. The summed E-state index contributed by atoms with van der Waals surface area (Å²) in [6.07, 6.45) is -0.116. The van der Waals surface area contributed by atoms with Crippen molar-refractivity contribution < 1.29 is 19.8 Å². The molecular formula is C13H11KN2O6. The van der Waals surface area contributed by atoms with Crippen molar-refractivity contribution >= 4 is 63.3 Å². The van der Waals surface area contributed by atoms with Gasteiger partial charge in [-0.3, -0.25) is 9.78 Å². The quantitative estimate of drug-likeness (QED) is 0.552. The number of aromatic nitrogens is 2. The molecule has 0 spiro atoms. The Morgan fingerprint density at radius 3 is 2.32 bits per heavy atom. The van der Waals surface area contributed by atoms with Crippen molar-refractivity contribution in [2.45, 2.75) is 6.42 Å². The SMILES string of the molecule is O=C(O)c1cccc(Cc2c(C(=O)O)[nH]c(=O)[nH]c2=O)c1.[KH]. The molecule has 9 heteroatoms. The zero-order valence-corrected chi connectivity index (χ0v) is 10.5. The van der Waals surface area contributed by atoms with Crippen LogP contribution in [0.15, 0.2) is 33.9 Å². The molecule has 1 aromatic heterocycles. The number of aromatic carboxylic acids is 2. The van der Waals surface area contributed by atoms with E-state index >= 15 is 0 Å². The molecule has 8 nitrogen and oxygen atoms in total. The van der Waals surface area contributed by atoms with Gasteiger partial charge in [0.15, 0.2) is 0 Å². The summed E-state index contributed by atoms with van der Waals surface area (Å²) in [5, 5.41) is 17.9.